The van der Waals surface area contributed by atoms with Crippen molar-refractivity contribution in [2.45, 2.75) is 13.0 Å². The summed E-state index contributed by atoms with van der Waals surface area (Å²) in [7, 11) is 0. The number of aliphatic hydroxyl groups excluding tert-OH is 1. The summed E-state index contributed by atoms with van der Waals surface area (Å²) in [6, 6.07) is 15.2. The van der Waals surface area contributed by atoms with Gasteiger partial charge in [0, 0.05) is 30.1 Å². The number of fused-ring (bicyclic) bond motifs is 1. The number of hydrogen-bond donors (Lipinski definition) is 2. The van der Waals surface area contributed by atoms with Crippen molar-refractivity contribution in [3.05, 3.63) is 65.9 Å². The number of nitrogens with two attached hydrogens (primary N) is 1. The molecule has 7 nitrogen and oxygen atoms in total. The third kappa shape index (κ3) is 4.57. The Balaban J connectivity index is 1.90. The molecule has 3 aromatic rings. The highest BCUT2D eigenvalue weighted by molar-refractivity contribution is 6.44. The van der Waals surface area contributed by atoms with Gasteiger partial charge in [0.15, 0.2) is 0 Å². The zero-order valence-electron chi connectivity index (χ0n) is 15.3. The molecule has 3 N–H and O–H groups in total. The van der Waals surface area contributed by atoms with Crippen LogP contribution in [0.4, 0.5) is 0 Å². The molecule has 0 saturated carbocycles. The molecule has 0 aliphatic carbocycles. The van der Waals surface area contributed by atoms with Crippen molar-refractivity contribution in [2.24, 2.45) is 5.73 Å². The molecule has 2 aromatic carbocycles. The zero-order valence-corrected chi connectivity index (χ0v) is 15.3. The van der Waals surface area contributed by atoms with E-state index in [-0.39, 0.29) is 12.4 Å². The Morgan fingerprint density at radius 3 is 2.57 bits per heavy atom. The van der Waals surface area contributed by atoms with E-state index >= 15 is 0 Å². The Hall–Kier alpha value is -3.16. The predicted molar refractivity (Wildman–Crippen MR) is 104 cm³/mol. The number of hydrogen-bond acceptors (Lipinski definition) is 5. The number of primary amides is 1. The van der Waals surface area contributed by atoms with Crippen molar-refractivity contribution in [3.8, 4) is 5.75 Å². The fourth-order valence-electron chi connectivity index (χ4n) is 3.01. The molecule has 1 heterocycles. The number of carbonyl (C=O) groups is 2. The molecule has 146 valence electrons. The van der Waals surface area contributed by atoms with Crippen LogP contribution in [0.5, 0.6) is 5.75 Å². The number of aliphatic hydroxyl groups is 1. The monoisotopic (exact) mass is 382 g/mol. The standard InChI is InChI=1S/C21H22N2O5/c22-21(26)20(25)18-13-23(12-15-5-2-1-3-6-15)19-8-7-16(11-17(18)19)28-10-4-9-27-14-24/h1-3,5-8,11,13,24H,4,9-10,12,14H2,(H2,22,26). The molecule has 3 rings (SSSR count). The number of Topliss-reactive ketones (excluding diaryl/α,β-unsaturated/α-hetero) is 1. The van der Waals surface area contributed by atoms with Crippen LogP contribution in [0.15, 0.2) is 54.7 Å². The third-order valence-electron chi connectivity index (χ3n) is 4.31. The van der Waals surface area contributed by atoms with Crippen LogP contribution < -0.4 is 10.5 Å². The van der Waals surface area contributed by atoms with Gasteiger partial charge >= 0.3 is 0 Å². The van der Waals surface area contributed by atoms with Crippen LogP contribution in [0.2, 0.25) is 0 Å². The summed E-state index contributed by atoms with van der Waals surface area (Å²) in [6.45, 7) is 1.02. The summed E-state index contributed by atoms with van der Waals surface area (Å²) in [4.78, 5) is 23.8. The minimum absolute atomic E-state index is 0.257. The van der Waals surface area contributed by atoms with Gasteiger partial charge in [-0.3, -0.25) is 9.59 Å². The second-order valence-electron chi connectivity index (χ2n) is 6.27. The first-order valence-corrected chi connectivity index (χ1v) is 8.92. The number of benzene rings is 2. The van der Waals surface area contributed by atoms with E-state index in [9.17, 15) is 9.59 Å². The Morgan fingerprint density at radius 1 is 1.07 bits per heavy atom. The van der Waals surface area contributed by atoms with E-state index in [1.54, 1.807) is 12.3 Å². The van der Waals surface area contributed by atoms with Gasteiger partial charge in [-0.15, -0.1) is 0 Å². The maximum Gasteiger partial charge on any atom is 0.289 e. The molecule has 0 spiro atoms. The van der Waals surface area contributed by atoms with Gasteiger partial charge in [-0.05, 0) is 23.8 Å². The van der Waals surface area contributed by atoms with E-state index < -0.39 is 11.7 Å². The van der Waals surface area contributed by atoms with Crippen LogP contribution in [0.3, 0.4) is 0 Å². The molecule has 0 aliphatic heterocycles. The first-order chi connectivity index (χ1) is 13.6. The van der Waals surface area contributed by atoms with Crippen LogP contribution in [0.25, 0.3) is 10.9 Å². The molecule has 0 bridgehead atoms. The summed E-state index contributed by atoms with van der Waals surface area (Å²) in [5, 5.41) is 9.22. The molecule has 1 aromatic heterocycles. The van der Waals surface area contributed by atoms with E-state index in [2.05, 4.69) is 0 Å². The van der Waals surface area contributed by atoms with Gasteiger partial charge < -0.3 is 24.9 Å². The average Bonchev–Trinajstić information content (AvgIpc) is 3.05. The Labute approximate surface area is 162 Å². The smallest absolute Gasteiger partial charge is 0.289 e. The third-order valence-corrected chi connectivity index (χ3v) is 4.31. The SMILES string of the molecule is NC(=O)C(=O)c1cn(Cc2ccccc2)c2ccc(OCCCOCO)cc12. The predicted octanol–water partition coefficient (Wildman–Crippen LogP) is 2.09. The first-order valence-electron chi connectivity index (χ1n) is 8.92. The Morgan fingerprint density at radius 2 is 1.86 bits per heavy atom. The van der Waals surface area contributed by atoms with Crippen molar-refractivity contribution < 1.29 is 24.2 Å². The molecule has 28 heavy (non-hydrogen) atoms. The number of aromatic nitrogens is 1. The van der Waals surface area contributed by atoms with Crippen molar-refractivity contribution >= 4 is 22.6 Å². The van der Waals surface area contributed by atoms with Crippen LogP contribution in [0, 0.1) is 0 Å². The van der Waals surface area contributed by atoms with E-state index in [1.165, 1.54) is 0 Å². The number of rotatable bonds is 10. The number of nitrogens with zero attached hydrogens (tertiary/aromatic N) is 1. The number of ketones is 1. The topological polar surface area (TPSA) is 104 Å². The van der Waals surface area contributed by atoms with E-state index in [0.29, 0.717) is 37.3 Å². The molecule has 0 atom stereocenters. The lowest BCUT2D eigenvalue weighted by Crippen LogP contribution is -2.22. The minimum atomic E-state index is -0.994. The zero-order chi connectivity index (χ0) is 19.9. The molecule has 0 fully saturated rings. The lowest BCUT2D eigenvalue weighted by molar-refractivity contribution is -0.114. The summed E-state index contributed by atoms with van der Waals surface area (Å²) in [5.41, 5.74) is 7.36. The number of carbonyl (C=O) groups excluding carboxylic acids is 2. The second-order valence-corrected chi connectivity index (χ2v) is 6.27. The Kier molecular flexibility index (Phi) is 6.41. The van der Waals surface area contributed by atoms with E-state index in [4.69, 9.17) is 20.3 Å². The molecule has 0 saturated heterocycles. The normalized spacial score (nSPS) is 10.9. The lowest BCUT2D eigenvalue weighted by atomic mass is 10.1. The van der Waals surface area contributed by atoms with Gasteiger partial charge in [-0.25, -0.2) is 0 Å². The van der Waals surface area contributed by atoms with Crippen LogP contribution in [0.1, 0.15) is 22.3 Å². The van der Waals surface area contributed by atoms with Gasteiger partial charge in [0.25, 0.3) is 11.7 Å². The molecular weight excluding hydrogens is 360 g/mol. The quantitative estimate of drug-likeness (QED) is 0.242. The molecule has 7 heteroatoms. The van der Waals surface area contributed by atoms with Crippen molar-refractivity contribution in [1.29, 1.82) is 0 Å². The van der Waals surface area contributed by atoms with Gasteiger partial charge in [-0.2, -0.15) is 0 Å². The molecule has 1 amide bonds. The van der Waals surface area contributed by atoms with Gasteiger partial charge in [0.1, 0.15) is 12.5 Å². The van der Waals surface area contributed by atoms with Crippen molar-refractivity contribution in [1.82, 2.24) is 4.57 Å². The van der Waals surface area contributed by atoms with Gasteiger partial charge in [-0.1, -0.05) is 30.3 Å². The Bertz CT molecular complexity index is 966. The minimum Gasteiger partial charge on any atom is -0.493 e. The highest BCUT2D eigenvalue weighted by Gasteiger charge is 2.20. The van der Waals surface area contributed by atoms with Gasteiger partial charge in [0.05, 0.1) is 18.8 Å². The second kappa shape index (κ2) is 9.16. The maximum atomic E-state index is 12.3. The highest BCUT2D eigenvalue weighted by atomic mass is 16.6. The van der Waals surface area contributed by atoms with Gasteiger partial charge in [0.2, 0.25) is 0 Å². The molecule has 0 radical (unpaired) electrons. The van der Waals surface area contributed by atoms with Crippen molar-refractivity contribution in [3.63, 3.8) is 0 Å². The summed E-state index contributed by atoms with van der Waals surface area (Å²) >= 11 is 0. The van der Waals surface area contributed by atoms with Crippen LogP contribution >= 0.6 is 0 Å². The number of ether oxygens (including phenoxy) is 2. The van der Waals surface area contributed by atoms with E-state index in [1.807, 2.05) is 47.0 Å². The largest absolute Gasteiger partial charge is 0.493 e. The van der Waals surface area contributed by atoms with E-state index in [0.717, 1.165) is 11.1 Å². The lowest BCUT2D eigenvalue weighted by Gasteiger charge is -2.08. The summed E-state index contributed by atoms with van der Waals surface area (Å²) < 4.78 is 12.5. The van der Waals surface area contributed by atoms with Crippen LogP contribution in [-0.4, -0.2) is 41.4 Å². The van der Waals surface area contributed by atoms with Crippen LogP contribution in [-0.2, 0) is 16.1 Å². The fraction of sp³-hybridized carbons (Fsp3) is 0.238. The highest BCUT2D eigenvalue weighted by Crippen LogP contribution is 2.27. The summed E-state index contributed by atoms with van der Waals surface area (Å²) in [6.07, 6.45) is 2.27. The fourth-order valence-corrected chi connectivity index (χ4v) is 3.01. The molecular formula is C21H22N2O5. The first kappa shape index (κ1) is 19.6. The molecule has 0 unspecified atom stereocenters. The maximum absolute atomic E-state index is 12.3. The van der Waals surface area contributed by atoms with Crippen molar-refractivity contribution in [2.75, 3.05) is 20.0 Å². The molecule has 0 aliphatic rings. The summed E-state index contributed by atoms with van der Waals surface area (Å²) in [5.74, 6) is -1.15. The number of amides is 1. The average molecular weight is 382 g/mol.